The number of nitrogens with one attached hydrogen (secondary N) is 2. The molecule has 0 bridgehead atoms. The highest BCUT2D eigenvalue weighted by Crippen LogP contribution is 2.44. The molecule has 1 aliphatic carbocycles. The summed E-state index contributed by atoms with van der Waals surface area (Å²) in [7, 11) is 0. The summed E-state index contributed by atoms with van der Waals surface area (Å²) in [5.41, 5.74) is 4.55. The molecule has 0 saturated heterocycles. The lowest BCUT2D eigenvalue weighted by Gasteiger charge is -2.23. The molecule has 0 radical (unpaired) electrons. The second-order valence-corrected chi connectivity index (χ2v) is 9.75. The first-order valence-corrected chi connectivity index (χ1v) is 12.8. The van der Waals surface area contributed by atoms with Crippen molar-refractivity contribution in [2.75, 3.05) is 18.6 Å². The summed E-state index contributed by atoms with van der Waals surface area (Å²) in [5.74, 6) is -0.936. The molecule has 3 rings (SSSR count). The minimum Gasteiger partial charge on any atom is -0.480 e. The van der Waals surface area contributed by atoms with Crippen molar-refractivity contribution in [1.29, 1.82) is 0 Å². The third kappa shape index (κ3) is 6.32. The third-order valence-electron chi connectivity index (χ3n) is 6.10. The van der Waals surface area contributed by atoms with Crippen molar-refractivity contribution in [3.8, 4) is 11.1 Å². The Hall–Kier alpha value is -3.00. The Kier molecular flexibility index (Phi) is 8.98. The number of rotatable bonds is 11. The predicted molar refractivity (Wildman–Crippen MR) is 134 cm³/mol. The molecule has 0 aromatic heterocycles. The van der Waals surface area contributed by atoms with Gasteiger partial charge >= 0.3 is 12.1 Å². The zero-order valence-corrected chi connectivity index (χ0v) is 20.6. The van der Waals surface area contributed by atoms with Gasteiger partial charge in [-0.1, -0.05) is 62.4 Å². The van der Waals surface area contributed by atoms with E-state index in [-0.39, 0.29) is 24.9 Å². The van der Waals surface area contributed by atoms with Gasteiger partial charge < -0.3 is 20.5 Å². The summed E-state index contributed by atoms with van der Waals surface area (Å²) >= 11 is 1.52. The summed E-state index contributed by atoms with van der Waals surface area (Å²) in [5, 5.41) is 14.7. The molecule has 2 amide bonds. The van der Waals surface area contributed by atoms with Gasteiger partial charge in [0.25, 0.3) is 0 Å². The molecular weight excluding hydrogens is 452 g/mol. The van der Waals surface area contributed by atoms with Gasteiger partial charge in [-0.05, 0) is 46.6 Å². The highest BCUT2D eigenvalue weighted by atomic mass is 32.2. The van der Waals surface area contributed by atoms with Crippen LogP contribution in [0.1, 0.15) is 43.7 Å². The number of aliphatic carboxylic acids is 1. The Labute approximate surface area is 204 Å². The smallest absolute Gasteiger partial charge is 0.407 e. The highest BCUT2D eigenvalue weighted by Gasteiger charge is 2.30. The standard InChI is InChI=1S/C26H32N2O5S/c1-16(2)23(14-24(29)27-22(25(30)31)12-13-34-3)28-26(32)33-15-21-19-10-6-4-8-17(19)18-9-5-7-11-20(18)21/h4-11,16,21-23H,12-15H2,1-3H3,(H,27,29)(H,28,32)(H,30,31)/t22-,23-/m0/s1. The molecule has 0 heterocycles. The number of carbonyl (C=O) groups excluding carboxylic acids is 2. The van der Waals surface area contributed by atoms with Crippen molar-refractivity contribution in [3.05, 3.63) is 59.7 Å². The second-order valence-electron chi connectivity index (χ2n) is 8.76. The molecule has 1 aliphatic rings. The molecule has 0 saturated carbocycles. The predicted octanol–water partition coefficient (Wildman–Crippen LogP) is 4.26. The summed E-state index contributed by atoms with van der Waals surface area (Å²) in [4.78, 5) is 36.5. The van der Waals surface area contributed by atoms with E-state index in [9.17, 15) is 19.5 Å². The molecule has 2 aromatic carbocycles. The third-order valence-corrected chi connectivity index (χ3v) is 6.74. The number of carboxylic acids is 1. The maximum absolute atomic E-state index is 12.6. The van der Waals surface area contributed by atoms with Crippen LogP contribution >= 0.6 is 11.8 Å². The number of hydrogen-bond acceptors (Lipinski definition) is 5. The number of amides is 2. The van der Waals surface area contributed by atoms with Crippen LogP contribution in [-0.4, -0.2) is 53.8 Å². The first-order valence-electron chi connectivity index (χ1n) is 11.4. The molecule has 2 atom stereocenters. The zero-order chi connectivity index (χ0) is 24.7. The number of alkyl carbamates (subject to hydrolysis) is 1. The van der Waals surface area contributed by atoms with E-state index in [0.717, 1.165) is 22.3 Å². The van der Waals surface area contributed by atoms with Crippen molar-refractivity contribution >= 4 is 29.7 Å². The van der Waals surface area contributed by atoms with Crippen LogP contribution in [-0.2, 0) is 14.3 Å². The minimum absolute atomic E-state index is 0.0229. The molecule has 34 heavy (non-hydrogen) atoms. The average molecular weight is 485 g/mol. The fourth-order valence-corrected chi connectivity index (χ4v) is 4.66. The minimum atomic E-state index is -1.06. The summed E-state index contributed by atoms with van der Waals surface area (Å²) in [6, 6.07) is 14.8. The van der Waals surface area contributed by atoms with Gasteiger partial charge in [-0.25, -0.2) is 9.59 Å². The summed E-state index contributed by atoms with van der Waals surface area (Å²) in [6.45, 7) is 3.97. The molecule has 0 spiro atoms. The maximum atomic E-state index is 12.6. The van der Waals surface area contributed by atoms with E-state index < -0.39 is 30.1 Å². The van der Waals surface area contributed by atoms with Crippen LogP contribution in [0.15, 0.2) is 48.5 Å². The van der Waals surface area contributed by atoms with Gasteiger partial charge in [-0.2, -0.15) is 11.8 Å². The van der Waals surface area contributed by atoms with Gasteiger partial charge in [-0.3, -0.25) is 4.79 Å². The molecule has 182 valence electrons. The molecule has 0 fully saturated rings. The van der Waals surface area contributed by atoms with Crippen LogP contribution in [0, 0.1) is 5.92 Å². The number of benzene rings is 2. The molecule has 0 unspecified atom stereocenters. The molecule has 2 aromatic rings. The van der Waals surface area contributed by atoms with Crippen molar-refractivity contribution in [3.63, 3.8) is 0 Å². The van der Waals surface area contributed by atoms with Gasteiger partial charge in [0.05, 0.1) is 0 Å². The molecule has 3 N–H and O–H groups in total. The van der Waals surface area contributed by atoms with Crippen molar-refractivity contribution in [1.82, 2.24) is 10.6 Å². The number of carbonyl (C=O) groups is 3. The van der Waals surface area contributed by atoms with E-state index in [1.165, 1.54) is 11.8 Å². The first-order chi connectivity index (χ1) is 16.3. The van der Waals surface area contributed by atoms with E-state index >= 15 is 0 Å². The van der Waals surface area contributed by atoms with Crippen molar-refractivity contribution in [2.24, 2.45) is 5.92 Å². The van der Waals surface area contributed by atoms with E-state index in [4.69, 9.17) is 4.74 Å². The normalized spacial score (nSPS) is 14.1. The van der Waals surface area contributed by atoms with E-state index in [0.29, 0.717) is 12.2 Å². The Morgan fingerprint density at radius 2 is 1.59 bits per heavy atom. The Bertz CT molecular complexity index is 980. The van der Waals surface area contributed by atoms with Crippen LogP contribution in [0.5, 0.6) is 0 Å². The van der Waals surface area contributed by atoms with Crippen molar-refractivity contribution < 1.29 is 24.2 Å². The highest BCUT2D eigenvalue weighted by molar-refractivity contribution is 7.98. The van der Waals surface area contributed by atoms with E-state index in [1.807, 2.05) is 44.4 Å². The summed E-state index contributed by atoms with van der Waals surface area (Å²) < 4.78 is 5.60. The molecule has 0 aliphatic heterocycles. The van der Waals surface area contributed by atoms with Crippen molar-refractivity contribution in [2.45, 2.75) is 44.7 Å². The van der Waals surface area contributed by atoms with Crippen LogP contribution in [0.3, 0.4) is 0 Å². The van der Waals surface area contributed by atoms with Crippen LogP contribution in [0.2, 0.25) is 0 Å². The van der Waals surface area contributed by atoms with Gasteiger partial charge in [0.15, 0.2) is 0 Å². The number of fused-ring (bicyclic) bond motifs is 3. The quantitative estimate of drug-likeness (QED) is 0.440. The van der Waals surface area contributed by atoms with Gasteiger partial charge in [0.2, 0.25) is 5.91 Å². The van der Waals surface area contributed by atoms with E-state index in [2.05, 4.69) is 34.9 Å². The van der Waals surface area contributed by atoms with Crippen LogP contribution in [0.25, 0.3) is 11.1 Å². The van der Waals surface area contributed by atoms with Gasteiger partial charge in [0, 0.05) is 18.4 Å². The van der Waals surface area contributed by atoms with E-state index in [1.54, 1.807) is 0 Å². The second kappa shape index (κ2) is 11.9. The monoisotopic (exact) mass is 484 g/mol. The lowest BCUT2D eigenvalue weighted by Crippen LogP contribution is -2.46. The van der Waals surface area contributed by atoms with Gasteiger partial charge in [-0.15, -0.1) is 0 Å². The fourth-order valence-electron chi connectivity index (χ4n) is 4.19. The Morgan fingerprint density at radius 3 is 2.12 bits per heavy atom. The topological polar surface area (TPSA) is 105 Å². The summed E-state index contributed by atoms with van der Waals surface area (Å²) in [6.07, 6.45) is 1.61. The Morgan fingerprint density at radius 1 is 1.00 bits per heavy atom. The Balaban J connectivity index is 1.58. The average Bonchev–Trinajstić information content (AvgIpc) is 3.13. The molecule has 8 heteroatoms. The largest absolute Gasteiger partial charge is 0.480 e. The molecular formula is C26H32N2O5S. The number of thioether (sulfide) groups is 1. The zero-order valence-electron chi connectivity index (χ0n) is 19.7. The fraction of sp³-hybridized carbons (Fsp3) is 0.423. The van der Waals surface area contributed by atoms with Crippen LogP contribution in [0.4, 0.5) is 4.79 Å². The number of carboxylic acid groups (broad SMARTS) is 1. The SMILES string of the molecule is CSCC[C@H](NC(=O)C[C@H](NC(=O)OCC1c2ccccc2-c2ccccc21)C(C)C)C(=O)O. The van der Waals surface area contributed by atoms with Crippen LogP contribution < -0.4 is 10.6 Å². The number of ether oxygens (including phenoxy) is 1. The maximum Gasteiger partial charge on any atom is 0.407 e. The number of hydrogen-bond donors (Lipinski definition) is 3. The van der Waals surface area contributed by atoms with Gasteiger partial charge in [0.1, 0.15) is 12.6 Å². The lowest BCUT2D eigenvalue weighted by atomic mass is 9.98. The molecule has 7 nitrogen and oxygen atoms in total. The first kappa shape index (κ1) is 25.6. The lowest BCUT2D eigenvalue weighted by molar-refractivity contribution is -0.142.